The summed E-state index contributed by atoms with van der Waals surface area (Å²) in [5, 5.41) is 6.71. The second-order valence-corrected chi connectivity index (χ2v) is 7.40. The lowest BCUT2D eigenvalue weighted by Gasteiger charge is -2.43. The minimum atomic E-state index is -0.204. The lowest BCUT2D eigenvalue weighted by atomic mass is 9.98. The van der Waals surface area contributed by atoms with Gasteiger partial charge in [-0.2, -0.15) is 0 Å². The lowest BCUT2D eigenvalue weighted by Crippen LogP contribution is -2.53. The average Bonchev–Trinajstić information content (AvgIpc) is 3.12. The van der Waals surface area contributed by atoms with Crippen LogP contribution in [-0.2, 0) is 9.53 Å². The molecule has 2 saturated heterocycles. The van der Waals surface area contributed by atoms with Crippen molar-refractivity contribution in [2.24, 2.45) is 0 Å². The third-order valence-electron chi connectivity index (χ3n) is 5.55. The number of nitrogens with one attached hydrogen (secondary N) is 1. The van der Waals surface area contributed by atoms with E-state index in [4.69, 9.17) is 9.26 Å². The van der Waals surface area contributed by atoms with Crippen LogP contribution in [0.1, 0.15) is 48.9 Å². The molecule has 2 aliphatic rings. The molecule has 1 aromatic rings. The Morgan fingerprint density at radius 2 is 1.89 bits per heavy atom. The van der Waals surface area contributed by atoms with Crippen LogP contribution in [0, 0.1) is 6.92 Å². The first-order valence-corrected chi connectivity index (χ1v) is 9.85. The number of hydrogen-bond acceptors (Lipinski definition) is 6. The number of ether oxygens (including phenoxy) is 1. The van der Waals surface area contributed by atoms with Gasteiger partial charge in [-0.25, -0.2) is 0 Å². The van der Waals surface area contributed by atoms with Crippen molar-refractivity contribution in [1.82, 2.24) is 20.3 Å². The molecule has 0 aliphatic carbocycles. The SMILES string of the molecule is CC(=O)N1CCC(N(CCNC(=O)c2cc(C)on2)C2CCOCC2)CC1. The summed E-state index contributed by atoms with van der Waals surface area (Å²) < 4.78 is 10.5. The van der Waals surface area contributed by atoms with Crippen molar-refractivity contribution in [1.29, 1.82) is 0 Å². The Morgan fingerprint density at radius 3 is 2.48 bits per heavy atom. The Balaban J connectivity index is 1.55. The molecule has 0 saturated carbocycles. The standard InChI is InChI=1S/C19H30N4O4/c1-14-13-18(21-27-14)19(25)20-7-10-23(17-5-11-26-12-6-17)16-3-8-22(9-4-16)15(2)24/h13,16-17H,3-12H2,1-2H3,(H,20,25). The summed E-state index contributed by atoms with van der Waals surface area (Å²) in [5.74, 6) is 0.577. The van der Waals surface area contributed by atoms with E-state index < -0.39 is 0 Å². The number of hydrogen-bond donors (Lipinski definition) is 1. The van der Waals surface area contributed by atoms with Crippen LogP contribution in [-0.4, -0.2) is 78.2 Å². The zero-order valence-corrected chi connectivity index (χ0v) is 16.3. The van der Waals surface area contributed by atoms with Crippen LogP contribution in [0.2, 0.25) is 0 Å². The van der Waals surface area contributed by atoms with Gasteiger partial charge in [0.1, 0.15) is 5.76 Å². The Kier molecular flexibility index (Phi) is 6.84. The van der Waals surface area contributed by atoms with Crippen LogP contribution in [0.25, 0.3) is 0 Å². The van der Waals surface area contributed by atoms with Crippen LogP contribution in [0.3, 0.4) is 0 Å². The van der Waals surface area contributed by atoms with E-state index in [1.807, 2.05) is 4.90 Å². The predicted molar refractivity (Wildman–Crippen MR) is 99.4 cm³/mol. The van der Waals surface area contributed by atoms with Gasteiger partial charge in [-0.3, -0.25) is 14.5 Å². The third kappa shape index (κ3) is 5.29. The van der Waals surface area contributed by atoms with Gasteiger partial charge in [0.05, 0.1) is 0 Å². The van der Waals surface area contributed by atoms with Crippen LogP contribution >= 0.6 is 0 Å². The summed E-state index contributed by atoms with van der Waals surface area (Å²) in [5.41, 5.74) is 0.319. The minimum Gasteiger partial charge on any atom is -0.381 e. The van der Waals surface area contributed by atoms with E-state index in [-0.39, 0.29) is 11.8 Å². The van der Waals surface area contributed by atoms with Gasteiger partial charge in [0.2, 0.25) is 5.91 Å². The van der Waals surface area contributed by atoms with E-state index in [0.717, 1.165) is 58.5 Å². The van der Waals surface area contributed by atoms with Crippen LogP contribution in [0.4, 0.5) is 0 Å². The molecule has 2 amide bonds. The molecule has 0 aromatic carbocycles. The molecule has 0 radical (unpaired) electrons. The molecule has 150 valence electrons. The summed E-state index contributed by atoms with van der Waals surface area (Å²) in [6.07, 6.45) is 3.99. The maximum atomic E-state index is 12.2. The fraction of sp³-hybridized carbons (Fsp3) is 0.737. The molecule has 8 nitrogen and oxygen atoms in total. The summed E-state index contributed by atoms with van der Waals surface area (Å²) in [6, 6.07) is 2.55. The number of aromatic nitrogens is 1. The number of nitrogens with zero attached hydrogens (tertiary/aromatic N) is 3. The Labute approximate surface area is 160 Å². The summed E-state index contributed by atoms with van der Waals surface area (Å²) in [4.78, 5) is 28.2. The molecule has 1 N–H and O–H groups in total. The topological polar surface area (TPSA) is 87.9 Å². The molecular formula is C19H30N4O4. The van der Waals surface area contributed by atoms with Crippen molar-refractivity contribution >= 4 is 11.8 Å². The smallest absolute Gasteiger partial charge is 0.273 e. The van der Waals surface area contributed by atoms with Gasteiger partial charge in [0.25, 0.3) is 5.91 Å². The number of aryl methyl sites for hydroxylation is 1. The van der Waals surface area contributed by atoms with E-state index in [1.54, 1.807) is 19.9 Å². The zero-order valence-electron chi connectivity index (χ0n) is 16.3. The van der Waals surface area contributed by atoms with Gasteiger partial charge in [-0.05, 0) is 32.6 Å². The lowest BCUT2D eigenvalue weighted by molar-refractivity contribution is -0.130. The van der Waals surface area contributed by atoms with Crippen molar-refractivity contribution in [3.8, 4) is 0 Å². The Morgan fingerprint density at radius 1 is 1.22 bits per heavy atom. The summed E-state index contributed by atoms with van der Waals surface area (Å²) >= 11 is 0. The minimum absolute atomic E-state index is 0.154. The highest BCUT2D eigenvalue weighted by Gasteiger charge is 2.31. The van der Waals surface area contributed by atoms with E-state index >= 15 is 0 Å². The summed E-state index contributed by atoms with van der Waals surface area (Å²) in [7, 11) is 0. The summed E-state index contributed by atoms with van der Waals surface area (Å²) in [6.45, 7) is 7.96. The first kappa shape index (κ1) is 19.8. The fourth-order valence-electron chi connectivity index (χ4n) is 4.05. The first-order chi connectivity index (χ1) is 13.0. The molecule has 3 heterocycles. The molecule has 2 aliphatic heterocycles. The molecule has 27 heavy (non-hydrogen) atoms. The highest BCUT2D eigenvalue weighted by molar-refractivity contribution is 5.92. The van der Waals surface area contributed by atoms with Crippen molar-refractivity contribution < 1.29 is 18.8 Å². The number of carbonyl (C=O) groups is 2. The monoisotopic (exact) mass is 378 g/mol. The van der Waals surface area contributed by atoms with Crippen molar-refractivity contribution in [2.75, 3.05) is 39.4 Å². The van der Waals surface area contributed by atoms with E-state index in [1.165, 1.54) is 0 Å². The second kappa shape index (κ2) is 9.32. The van der Waals surface area contributed by atoms with E-state index in [0.29, 0.717) is 30.1 Å². The zero-order chi connectivity index (χ0) is 19.2. The fourth-order valence-corrected chi connectivity index (χ4v) is 4.05. The number of rotatable bonds is 6. The molecular weight excluding hydrogens is 348 g/mol. The molecule has 3 rings (SSSR count). The quantitative estimate of drug-likeness (QED) is 0.800. The Bertz CT molecular complexity index is 633. The van der Waals surface area contributed by atoms with Gasteiger partial charge in [0, 0.05) is 64.5 Å². The van der Waals surface area contributed by atoms with E-state index in [9.17, 15) is 9.59 Å². The van der Waals surface area contributed by atoms with Crippen molar-refractivity contribution in [2.45, 2.75) is 51.6 Å². The van der Waals surface area contributed by atoms with E-state index in [2.05, 4.69) is 15.4 Å². The Hall–Kier alpha value is -1.93. The third-order valence-corrected chi connectivity index (χ3v) is 5.55. The average molecular weight is 378 g/mol. The molecule has 8 heteroatoms. The van der Waals surface area contributed by atoms with Crippen molar-refractivity contribution in [3.63, 3.8) is 0 Å². The van der Waals surface area contributed by atoms with Gasteiger partial charge < -0.3 is 19.5 Å². The molecule has 1 aromatic heterocycles. The highest BCUT2D eigenvalue weighted by atomic mass is 16.5. The molecule has 0 bridgehead atoms. The highest BCUT2D eigenvalue weighted by Crippen LogP contribution is 2.23. The van der Waals surface area contributed by atoms with Gasteiger partial charge in [0.15, 0.2) is 5.69 Å². The largest absolute Gasteiger partial charge is 0.381 e. The predicted octanol–water partition coefficient (Wildman–Crippen LogP) is 1.20. The van der Waals surface area contributed by atoms with Crippen LogP contribution < -0.4 is 5.32 Å². The number of likely N-dealkylation sites (tertiary alicyclic amines) is 1. The molecule has 0 unspecified atom stereocenters. The van der Waals surface area contributed by atoms with Gasteiger partial charge >= 0.3 is 0 Å². The van der Waals surface area contributed by atoms with Crippen molar-refractivity contribution in [3.05, 3.63) is 17.5 Å². The number of amides is 2. The van der Waals surface area contributed by atoms with Gasteiger partial charge in [-0.1, -0.05) is 5.16 Å². The van der Waals surface area contributed by atoms with Gasteiger partial charge in [-0.15, -0.1) is 0 Å². The second-order valence-electron chi connectivity index (χ2n) is 7.40. The number of piperidine rings is 1. The van der Waals surface area contributed by atoms with Crippen LogP contribution in [0.5, 0.6) is 0 Å². The first-order valence-electron chi connectivity index (χ1n) is 9.85. The maximum absolute atomic E-state index is 12.2. The normalized spacial score (nSPS) is 19.4. The molecule has 2 fully saturated rings. The molecule has 0 atom stereocenters. The molecule has 0 spiro atoms. The number of carbonyl (C=O) groups excluding carboxylic acids is 2. The maximum Gasteiger partial charge on any atom is 0.273 e. The van der Waals surface area contributed by atoms with Crippen LogP contribution in [0.15, 0.2) is 10.6 Å².